The second-order valence-corrected chi connectivity index (χ2v) is 7.70. The number of halogens is 1. The Bertz CT molecular complexity index is 769. The first-order valence-corrected chi connectivity index (χ1v) is 10.1. The Balaban J connectivity index is 1.38. The highest BCUT2D eigenvalue weighted by Gasteiger charge is 2.29. The number of imidazole rings is 1. The first kappa shape index (κ1) is 18.5. The van der Waals surface area contributed by atoms with Gasteiger partial charge in [0.25, 0.3) is 0 Å². The SMILES string of the molecule is O=C(CCN1CCCC1c1ncc(-c2ccc(Cl)cc2)[nH]1)N1CCNCC1. The van der Waals surface area contributed by atoms with E-state index in [0.29, 0.717) is 6.42 Å². The minimum Gasteiger partial charge on any atom is -0.341 e. The third-order valence-corrected chi connectivity index (χ3v) is 5.76. The lowest BCUT2D eigenvalue weighted by Gasteiger charge is -2.29. The number of nitrogens with one attached hydrogen (secondary N) is 2. The lowest BCUT2D eigenvalue weighted by Crippen LogP contribution is -2.47. The summed E-state index contributed by atoms with van der Waals surface area (Å²) in [5, 5.41) is 4.02. The third kappa shape index (κ3) is 4.34. The van der Waals surface area contributed by atoms with Gasteiger partial charge in [-0.05, 0) is 37.1 Å². The molecule has 0 aliphatic carbocycles. The fourth-order valence-electron chi connectivity index (χ4n) is 4.00. The zero-order valence-electron chi connectivity index (χ0n) is 15.5. The van der Waals surface area contributed by atoms with Gasteiger partial charge < -0.3 is 15.2 Å². The van der Waals surface area contributed by atoms with E-state index < -0.39 is 0 Å². The van der Waals surface area contributed by atoms with Crippen LogP contribution in [0.1, 0.15) is 31.1 Å². The Morgan fingerprint density at radius 1 is 1.19 bits per heavy atom. The fraction of sp³-hybridized carbons (Fsp3) is 0.500. The molecule has 0 spiro atoms. The lowest BCUT2D eigenvalue weighted by atomic mass is 10.2. The number of hydrogen-bond donors (Lipinski definition) is 2. The van der Waals surface area contributed by atoms with E-state index in [2.05, 4.69) is 20.2 Å². The van der Waals surface area contributed by atoms with Crippen molar-refractivity contribution >= 4 is 17.5 Å². The van der Waals surface area contributed by atoms with Gasteiger partial charge >= 0.3 is 0 Å². The smallest absolute Gasteiger partial charge is 0.223 e. The van der Waals surface area contributed by atoms with Gasteiger partial charge in [-0.25, -0.2) is 4.98 Å². The number of H-pyrrole nitrogens is 1. The van der Waals surface area contributed by atoms with Crippen molar-refractivity contribution in [2.24, 2.45) is 0 Å². The van der Waals surface area contributed by atoms with Crippen LogP contribution in [-0.4, -0.2) is 64.9 Å². The van der Waals surface area contributed by atoms with Crippen LogP contribution in [0.25, 0.3) is 11.3 Å². The number of carbonyl (C=O) groups excluding carboxylic acids is 1. The molecule has 1 aromatic heterocycles. The van der Waals surface area contributed by atoms with Crippen LogP contribution in [0.4, 0.5) is 0 Å². The van der Waals surface area contributed by atoms with E-state index in [1.165, 1.54) is 0 Å². The molecule has 0 saturated carbocycles. The number of likely N-dealkylation sites (tertiary alicyclic amines) is 1. The maximum absolute atomic E-state index is 12.5. The first-order valence-electron chi connectivity index (χ1n) is 9.74. The summed E-state index contributed by atoms with van der Waals surface area (Å²) in [6.07, 6.45) is 4.70. The van der Waals surface area contributed by atoms with Crippen LogP contribution < -0.4 is 5.32 Å². The molecule has 2 aliphatic heterocycles. The average molecular weight is 388 g/mol. The summed E-state index contributed by atoms with van der Waals surface area (Å²) in [5.74, 6) is 1.26. The van der Waals surface area contributed by atoms with Crippen LogP contribution in [0.5, 0.6) is 0 Å². The quantitative estimate of drug-likeness (QED) is 0.827. The second kappa shape index (κ2) is 8.42. The van der Waals surface area contributed by atoms with Gasteiger partial charge in [0.1, 0.15) is 5.82 Å². The molecule has 2 aliphatic rings. The molecule has 0 bridgehead atoms. The minimum atomic E-state index is 0.266. The maximum atomic E-state index is 12.5. The molecule has 2 saturated heterocycles. The molecule has 1 atom stereocenters. The highest BCUT2D eigenvalue weighted by atomic mass is 35.5. The minimum absolute atomic E-state index is 0.266. The molecule has 144 valence electrons. The van der Waals surface area contributed by atoms with E-state index in [0.717, 1.165) is 74.2 Å². The second-order valence-electron chi connectivity index (χ2n) is 7.26. The number of aromatic nitrogens is 2. The zero-order chi connectivity index (χ0) is 18.6. The van der Waals surface area contributed by atoms with Crippen molar-refractivity contribution in [1.82, 2.24) is 25.1 Å². The average Bonchev–Trinajstić information content (AvgIpc) is 3.36. The Hall–Kier alpha value is -1.89. The van der Waals surface area contributed by atoms with Gasteiger partial charge in [-0.3, -0.25) is 9.69 Å². The summed E-state index contributed by atoms with van der Waals surface area (Å²) in [7, 11) is 0. The predicted molar refractivity (Wildman–Crippen MR) is 107 cm³/mol. The Kier molecular flexibility index (Phi) is 5.76. The lowest BCUT2D eigenvalue weighted by molar-refractivity contribution is -0.132. The van der Waals surface area contributed by atoms with Crippen molar-refractivity contribution in [1.29, 1.82) is 0 Å². The molecule has 1 aromatic carbocycles. The topological polar surface area (TPSA) is 64.3 Å². The first-order chi connectivity index (χ1) is 13.2. The molecule has 27 heavy (non-hydrogen) atoms. The number of piperazine rings is 1. The van der Waals surface area contributed by atoms with E-state index >= 15 is 0 Å². The van der Waals surface area contributed by atoms with Crippen molar-refractivity contribution in [3.05, 3.63) is 41.3 Å². The Morgan fingerprint density at radius 2 is 1.96 bits per heavy atom. The van der Waals surface area contributed by atoms with Crippen molar-refractivity contribution in [3.8, 4) is 11.3 Å². The largest absolute Gasteiger partial charge is 0.341 e. The number of benzene rings is 1. The molecule has 7 heteroatoms. The van der Waals surface area contributed by atoms with Crippen LogP contribution in [0.15, 0.2) is 30.5 Å². The number of nitrogens with zero attached hydrogens (tertiary/aromatic N) is 3. The molecule has 2 aromatic rings. The highest BCUT2D eigenvalue weighted by Crippen LogP contribution is 2.31. The summed E-state index contributed by atoms with van der Waals surface area (Å²) < 4.78 is 0. The van der Waals surface area contributed by atoms with Crippen LogP contribution in [0, 0.1) is 0 Å². The summed E-state index contributed by atoms with van der Waals surface area (Å²) in [6.45, 7) is 5.27. The Morgan fingerprint density at radius 3 is 2.74 bits per heavy atom. The molecular weight excluding hydrogens is 362 g/mol. The van der Waals surface area contributed by atoms with Crippen molar-refractivity contribution in [2.45, 2.75) is 25.3 Å². The van der Waals surface area contributed by atoms with Crippen molar-refractivity contribution in [2.75, 3.05) is 39.3 Å². The molecular formula is C20H26ClN5O. The van der Waals surface area contributed by atoms with E-state index in [9.17, 15) is 4.79 Å². The third-order valence-electron chi connectivity index (χ3n) is 5.51. The summed E-state index contributed by atoms with van der Waals surface area (Å²) >= 11 is 5.98. The number of hydrogen-bond acceptors (Lipinski definition) is 4. The number of aromatic amines is 1. The van der Waals surface area contributed by atoms with E-state index in [1.54, 1.807) is 0 Å². The monoisotopic (exact) mass is 387 g/mol. The normalized spacial score (nSPS) is 20.9. The van der Waals surface area contributed by atoms with Crippen LogP contribution >= 0.6 is 11.6 Å². The van der Waals surface area contributed by atoms with Gasteiger partial charge in [-0.2, -0.15) is 0 Å². The van der Waals surface area contributed by atoms with Gasteiger partial charge in [0, 0.05) is 44.2 Å². The van der Waals surface area contributed by atoms with Crippen LogP contribution in [-0.2, 0) is 4.79 Å². The fourth-order valence-corrected chi connectivity index (χ4v) is 4.12. The van der Waals surface area contributed by atoms with Gasteiger partial charge in [-0.1, -0.05) is 23.7 Å². The molecule has 1 unspecified atom stereocenters. The molecule has 4 rings (SSSR count). The van der Waals surface area contributed by atoms with Gasteiger partial charge in [0.2, 0.25) is 5.91 Å². The number of carbonyl (C=O) groups is 1. The van der Waals surface area contributed by atoms with E-state index in [1.807, 2.05) is 35.4 Å². The standard InChI is InChI=1S/C20H26ClN5O/c21-16-5-3-15(4-6-16)17-14-23-20(24-17)18-2-1-10-25(18)11-7-19(27)26-12-8-22-9-13-26/h3-6,14,18,22H,1-2,7-13H2,(H,23,24). The van der Waals surface area contributed by atoms with Crippen LogP contribution in [0.3, 0.4) is 0 Å². The predicted octanol–water partition coefficient (Wildman–Crippen LogP) is 2.69. The number of rotatable bonds is 5. The van der Waals surface area contributed by atoms with Gasteiger partial charge in [0.05, 0.1) is 17.9 Å². The summed E-state index contributed by atoms with van der Waals surface area (Å²) in [6, 6.07) is 8.04. The van der Waals surface area contributed by atoms with Crippen molar-refractivity contribution in [3.63, 3.8) is 0 Å². The molecule has 6 nitrogen and oxygen atoms in total. The van der Waals surface area contributed by atoms with Gasteiger partial charge in [0.15, 0.2) is 0 Å². The zero-order valence-corrected chi connectivity index (χ0v) is 16.2. The highest BCUT2D eigenvalue weighted by molar-refractivity contribution is 6.30. The summed E-state index contributed by atoms with van der Waals surface area (Å²) in [4.78, 5) is 24.9. The van der Waals surface area contributed by atoms with Gasteiger partial charge in [-0.15, -0.1) is 0 Å². The molecule has 3 heterocycles. The molecule has 1 amide bonds. The molecule has 2 N–H and O–H groups in total. The maximum Gasteiger partial charge on any atom is 0.223 e. The molecule has 0 radical (unpaired) electrons. The Labute approximate surface area is 164 Å². The number of amides is 1. The molecule has 2 fully saturated rings. The van der Waals surface area contributed by atoms with E-state index in [-0.39, 0.29) is 11.9 Å². The van der Waals surface area contributed by atoms with Crippen LogP contribution in [0.2, 0.25) is 5.02 Å². The summed E-state index contributed by atoms with van der Waals surface area (Å²) in [5.41, 5.74) is 2.09. The van der Waals surface area contributed by atoms with Crippen molar-refractivity contribution < 1.29 is 4.79 Å². The van der Waals surface area contributed by atoms with E-state index in [4.69, 9.17) is 11.6 Å².